The zero-order valence-electron chi connectivity index (χ0n) is 22.6. The highest BCUT2D eigenvalue weighted by atomic mass is 35.5. The summed E-state index contributed by atoms with van der Waals surface area (Å²) in [4.78, 5) is 20.8. The Kier molecular flexibility index (Phi) is 9.76. The number of methoxy groups -OCH3 is 1. The molecule has 0 atom stereocenters. The lowest BCUT2D eigenvalue weighted by Gasteiger charge is -2.26. The van der Waals surface area contributed by atoms with Crippen LogP contribution >= 0.6 is 11.6 Å². The number of halogens is 1. The smallest absolute Gasteiger partial charge is 0.247 e. The van der Waals surface area contributed by atoms with Gasteiger partial charge in [-0.05, 0) is 63.5 Å². The number of amidine groups is 1. The number of aliphatic imine (C=N–C) groups is 1. The fraction of sp³-hybridized carbons (Fsp3) is 0.241. The molecule has 3 rings (SSSR count). The van der Waals surface area contributed by atoms with Crippen molar-refractivity contribution in [1.29, 1.82) is 0 Å². The number of amides is 1. The van der Waals surface area contributed by atoms with E-state index in [9.17, 15) is 4.79 Å². The first-order chi connectivity index (χ1) is 18.1. The molecule has 0 aliphatic rings. The maximum absolute atomic E-state index is 12.2. The van der Waals surface area contributed by atoms with Crippen molar-refractivity contribution in [1.82, 2.24) is 9.47 Å². The summed E-state index contributed by atoms with van der Waals surface area (Å²) in [7, 11) is 7.62. The highest BCUT2D eigenvalue weighted by Gasteiger charge is 2.16. The van der Waals surface area contributed by atoms with E-state index in [0.717, 1.165) is 35.4 Å². The van der Waals surface area contributed by atoms with Crippen LogP contribution in [0.2, 0.25) is 5.02 Å². The third kappa shape index (κ3) is 7.27. The van der Waals surface area contributed by atoms with Crippen LogP contribution in [-0.4, -0.2) is 62.6 Å². The summed E-state index contributed by atoms with van der Waals surface area (Å²) in [5.41, 5.74) is 3.90. The number of carbonyl (C=O) groups excluding carboxylic acids is 1. The number of likely N-dealkylation sites (N-methyl/N-ethyl adjacent to an activating group) is 2. The topological polar surface area (TPSA) is 74.1 Å². The Bertz CT molecular complexity index is 1390. The van der Waals surface area contributed by atoms with Gasteiger partial charge < -0.3 is 29.7 Å². The SMILES string of the molecule is C=CC(=O)Nc1cc(NC(C)=N/C=C\C(=C)n2ccc3cc(Cl)ccc32)c(OC)cc1N(C)CCN(C)C. The molecule has 1 amide bonds. The Labute approximate surface area is 229 Å². The number of nitrogens with one attached hydrogen (secondary N) is 2. The molecule has 0 aliphatic heterocycles. The van der Waals surface area contributed by atoms with Crippen molar-refractivity contribution in [3.8, 4) is 5.75 Å². The van der Waals surface area contributed by atoms with E-state index >= 15 is 0 Å². The number of hydrogen-bond acceptors (Lipinski definition) is 5. The summed E-state index contributed by atoms with van der Waals surface area (Å²) in [6.07, 6.45) is 6.70. The van der Waals surface area contributed by atoms with E-state index in [1.54, 1.807) is 13.3 Å². The van der Waals surface area contributed by atoms with Crippen LogP contribution < -0.4 is 20.3 Å². The van der Waals surface area contributed by atoms with E-state index in [-0.39, 0.29) is 5.91 Å². The predicted octanol–water partition coefficient (Wildman–Crippen LogP) is 5.94. The van der Waals surface area contributed by atoms with Crippen molar-refractivity contribution < 1.29 is 9.53 Å². The lowest BCUT2D eigenvalue weighted by Crippen LogP contribution is -2.29. The van der Waals surface area contributed by atoms with Crippen molar-refractivity contribution >= 4 is 57.0 Å². The van der Waals surface area contributed by atoms with Gasteiger partial charge in [0.05, 0.1) is 29.7 Å². The molecule has 0 saturated heterocycles. The molecular formula is C29H35ClN6O2. The van der Waals surface area contributed by atoms with E-state index in [1.165, 1.54) is 6.08 Å². The van der Waals surface area contributed by atoms with Crippen LogP contribution in [-0.2, 0) is 4.79 Å². The zero-order chi connectivity index (χ0) is 27.8. The van der Waals surface area contributed by atoms with E-state index in [4.69, 9.17) is 16.3 Å². The van der Waals surface area contributed by atoms with Gasteiger partial charge in [-0.1, -0.05) is 24.8 Å². The molecule has 9 heteroatoms. The van der Waals surface area contributed by atoms with Crippen LogP contribution in [0.4, 0.5) is 17.1 Å². The van der Waals surface area contributed by atoms with Crippen molar-refractivity contribution in [2.75, 3.05) is 56.9 Å². The largest absolute Gasteiger partial charge is 0.494 e. The minimum absolute atomic E-state index is 0.296. The molecule has 0 spiro atoms. The van der Waals surface area contributed by atoms with E-state index in [2.05, 4.69) is 38.6 Å². The Morgan fingerprint density at radius 3 is 2.58 bits per heavy atom. The van der Waals surface area contributed by atoms with Gasteiger partial charge in [0.2, 0.25) is 5.91 Å². The van der Waals surface area contributed by atoms with Gasteiger partial charge in [0.15, 0.2) is 0 Å². The summed E-state index contributed by atoms with van der Waals surface area (Å²) in [5, 5.41) is 7.90. The normalized spacial score (nSPS) is 11.7. The third-order valence-electron chi connectivity index (χ3n) is 5.87. The fourth-order valence-electron chi connectivity index (χ4n) is 3.81. The first-order valence-electron chi connectivity index (χ1n) is 12.1. The molecule has 0 fully saturated rings. The highest BCUT2D eigenvalue weighted by molar-refractivity contribution is 6.31. The molecule has 0 saturated carbocycles. The molecule has 38 heavy (non-hydrogen) atoms. The lowest BCUT2D eigenvalue weighted by atomic mass is 10.2. The van der Waals surface area contributed by atoms with Gasteiger partial charge in [0, 0.05) is 54.7 Å². The van der Waals surface area contributed by atoms with Crippen LogP contribution in [0.3, 0.4) is 0 Å². The number of anilines is 3. The number of fused-ring (bicyclic) bond motifs is 1. The van der Waals surface area contributed by atoms with Gasteiger partial charge in [0.25, 0.3) is 0 Å². The molecule has 0 unspecified atom stereocenters. The maximum Gasteiger partial charge on any atom is 0.247 e. The summed E-state index contributed by atoms with van der Waals surface area (Å²) in [5.74, 6) is 0.954. The van der Waals surface area contributed by atoms with Crippen molar-refractivity contribution in [2.45, 2.75) is 6.92 Å². The van der Waals surface area contributed by atoms with Crippen molar-refractivity contribution in [3.05, 3.63) is 79.1 Å². The van der Waals surface area contributed by atoms with E-state index in [0.29, 0.717) is 28.0 Å². The molecule has 1 aromatic heterocycles. The number of allylic oxidation sites excluding steroid dienone is 2. The van der Waals surface area contributed by atoms with Gasteiger partial charge in [-0.25, -0.2) is 4.99 Å². The van der Waals surface area contributed by atoms with Crippen LogP contribution in [0, 0.1) is 0 Å². The second-order valence-electron chi connectivity index (χ2n) is 9.02. The van der Waals surface area contributed by atoms with Gasteiger partial charge >= 0.3 is 0 Å². The number of aromatic nitrogens is 1. The average molecular weight is 535 g/mol. The summed E-state index contributed by atoms with van der Waals surface area (Å²) in [6, 6.07) is 11.5. The van der Waals surface area contributed by atoms with Crippen LogP contribution in [0.5, 0.6) is 5.75 Å². The first kappa shape index (κ1) is 28.6. The van der Waals surface area contributed by atoms with Crippen LogP contribution in [0.15, 0.2) is 79.1 Å². The lowest BCUT2D eigenvalue weighted by molar-refractivity contribution is -0.111. The minimum Gasteiger partial charge on any atom is -0.494 e. The summed E-state index contributed by atoms with van der Waals surface area (Å²) < 4.78 is 7.63. The molecular weight excluding hydrogens is 500 g/mol. The third-order valence-corrected chi connectivity index (χ3v) is 6.10. The molecule has 2 N–H and O–H groups in total. The quantitative estimate of drug-likeness (QED) is 0.138. The number of rotatable bonds is 11. The Hall–Kier alpha value is -4.01. The number of nitrogens with zero attached hydrogens (tertiary/aromatic N) is 4. The molecule has 3 aromatic rings. The molecule has 8 nitrogen and oxygen atoms in total. The van der Waals surface area contributed by atoms with Crippen LogP contribution in [0.25, 0.3) is 16.6 Å². The average Bonchev–Trinajstić information content (AvgIpc) is 3.30. The second-order valence-corrected chi connectivity index (χ2v) is 9.46. The number of carbonyl (C=O) groups is 1. The van der Waals surface area contributed by atoms with Gasteiger partial charge in [0.1, 0.15) is 11.6 Å². The number of hydrogen-bond donors (Lipinski definition) is 2. The van der Waals surface area contributed by atoms with Gasteiger partial charge in [-0.15, -0.1) is 0 Å². The highest BCUT2D eigenvalue weighted by Crippen LogP contribution is 2.37. The van der Waals surface area contributed by atoms with E-state index < -0.39 is 0 Å². The molecule has 0 radical (unpaired) electrons. The summed E-state index contributed by atoms with van der Waals surface area (Å²) >= 11 is 6.10. The molecule has 200 valence electrons. The summed E-state index contributed by atoms with van der Waals surface area (Å²) in [6.45, 7) is 11.2. The fourth-order valence-corrected chi connectivity index (χ4v) is 3.99. The van der Waals surface area contributed by atoms with Crippen LogP contribution in [0.1, 0.15) is 6.92 Å². The Balaban J connectivity index is 1.82. The van der Waals surface area contributed by atoms with Gasteiger partial charge in [-0.2, -0.15) is 0 Å². The molecule has 1 heterocycles. The minimum atomic E-state index is -0.296. The monoisotopic (exact) mass is 534 g/mol. The van der Waals surface area contributed by atoms with Crippen molar-refractivity contribution in [3.63, 3.8) is 0 Å². The zero-order valence-corrected chi connectivity index (χ0v) is 23.3. The Morgan fingerprint density at radius 2 is 1.89 bits per heavy atom. The van der Waals surface area contributed by atoms with E-state index in [1.807, 2.05) is 81.3 Å². The molecule has 2 aromatic carbocycles. The predicted molar refractivity (Wildman–Crippen MR) is 162 cm³/mol. The number of benzene rings is 2. The maximum atomic E-state index is 12.2. The molecule has 0 bridgehead atoms. The first-order valence-corrected chi connectivity index (χ1v) is 12.5. The standard InChI is InChI=1S/C29H35ClN6O2/c1-8-29(37)33-24-18-25(28(38-7)19-27(24)35(6)16-15-34(4)5)32-21(3)31-13-11-20(2)36-14-12-22-17-23(30)9-10-26(22)36/h8-14,17-19H,1-2,15-16H2,3-7H3,(H,31,32)(H,33,37)/b13-11-. The van der Waals surface area contributed by atoms with Gasteiger partial charge in [-0.3, -0.25) is 4.79 Å². The number of ether oxygens (including phenoxy) is 1. The molecule has 0 aliphatic carbocycles. The van der Waals surface area contributed by atoms with Crippen molar-refractivity contribution in [2.24, 2.45) is 4.99 Å². The second kappa shape index (κ2) is 13.0. The Morgan fingerprint density at radius 1 is 1.13 bits per heavy atom.